The maximum Gasteiger partial charge on any atom is 0.290 e. The molecule has 38 heavy (non-hydrogen) atoms. The molecule has 0 radical (unpaired) electrons. The van der Waals surface area contributed by atoms with Crippen LogP contribution >= 0.6 is 0 Å². The Hall–Kier alpha value is -3.74. The third-order valence-electron chi connectivity index (χ3n) is 7.26. The Morgan fingerprint density at radius 3 is 2.26 bits per heavy atom. The molecule has 1 N–H and O–H groups in total. The van der Waals surface area contributed by atoms with E-state index in [4.69, 9.17) is 13.9 Å². The maximum atomic E-state index is 13.9. The Kier molecular flexibility index (Phi) is 9.10. The number of carbonyl (C=O) groups is 2. The summed E-state index contributed by atoms with van der Waals surface area (Å²) in [6.07, 6.45) is 6.12. The second kappa shape index (κ2) is 12.7. The van der Waals surface area contributed by atoms with Crippen LogP contribution < -0.4 is 14.8 Å². The largest absolute Gasteiger partial charge is 0.493 e. The van der Waals surface area contributed by atoms with E-state index in [1.165, 1.54) is 11.8 Å². The number of hydrogen-bond donors (Lipinski definition) is 1. The van der Waals surface area contributed by atoms with E-state index in [-0.39, 0.29) is 23.6 Å². The van der Waals surface area contributed by atoms with E-state index in [0.717, 1.165) is 36.8 Å². The fourth-order valence-electron chi connectivity index (χ4n) is 5.06. The van der Waals surface area contributed by atoms with Crippen molar-refractivity contribution in [1.82, 2.24) is 10.2 Å². The maximum absolute atomic E-state index is 13.9. The summed E-state index contributed by atoms with van der Waals surface area (Å²) in [4.78, 5) is 29.3. The topological polar surface area (TPSA) is 81.0 Å². The molecule has 1 aromatic heterocycles. The highest BCUT2D eigenvalue weighted by Gasteiger charge is 2.34. The standard InChI is InChI=1S/C31H38N2O5/c1-21(2)23-12-14-24(15-13-23)29(30(34)32-25-8-5-6-9-25)33(31(35)27-10-7-19-38-27)18-17-22-11-16-26(36-3)28(20-22)37-4/h7,10-16,19-21,25,29H,5-6,8-9,17-18H2,1-4H3,(H,32,34)/t29-/m1/s1. The normalized spacial score (nSPS) is 14.3. The number of ether oxygens (including phenoxy) is 2. The lowest BCUT2D eigenvalue weighted by molar-refractivity contribution is -0.126. The van der Waals surface area contributed by atoms with E-state index in [0.29, 0.717) is 30.4 Å². The van der Waals surface area contributed by atoms with Gasteiger partial charge < -0.3 is 24.1 Å². The van der Waals surface area contributed by atoms with Gasteiger partial charge in [0.05, 0.1) is 20.5 Å². The average molecular weight is 519 g/mol. The molecule has 1 fully saturated rings. The smallest absolute Gasteiger partial charge is 0.290 e. The molecular formula is C31H38N2O5. The molecule has 1 atom stereocenters. The van der Waals surface area contributed by atoms with Crippen LogP contribution in [-0.4, -0.2) is 43.5 Å². The summed E-state index contributed by atoms with van der Waals surface area (Å²) in [7, 11) is 3.19. The molecular weight excluding hydrogens is 480 g/mol. The highest BCUT2D eigenvalue weighted by atomic mass is 16.5. The van der Waals surface area contributed by atoms with Crippen molar-refractivity contribution in [2.24, 2.45) is 0 Å². The van der Waals surface area contributed by atoms with Crippen molar-refractivity contribution in [3.05, 3.63) is 83.3 Å². The molecule has 1 aliphatic rings. The quantitative estimate of drug-likeness (QED) is 0.342. The van der Waals surface area contributed by atoms with Crippen LogP contribution in [0.5, 0.6) is 11.5 Å². The van der Waals surface area contributed by atoms with Crippen molar-refractivity contribution >= 4 is 11.8 Å². The number of amides is 2. The number of hydrogen-bond acceptors (Lipinski definition) is 5. The van der Waals surface area contributed by atoms with Crippen molar-refractivity contribution in [3.63, 3.8) is 0 Å². The van der Waals surface area contributed by atoms with Gasteiger partial charge in [-0.2, -0.15) is 0 Å². The van der Waals surface area contributed by atoms with E-state index in [1.807, 2.05) is 42.5 Å². The van der Waals surface area contributed by atoms with Gasteiger partial charge >= 0.3 is 0 Å². The monoisotopic (exact) mass is 518 g/mol. The second-order valence-corrected chi connectivity index (χ2v) is 10.1. The first-order chi connectivity index (χ1) is 18.4. The van der Waals surface area contributed by atoms with Gasteiger partial charge in [0.2, 0.25) is 5.91 Å². The number of rotatable bonds is 11. The van der Waals surface area contributed by atoms with Crippen LogP contribution in [0.2, 0.25) is 0 Å². The molecule has 0 aliphatic heterocycles. The molecule has 0 saturated heterocycles. The summed E-state index contributed by atoms with van der Waals surface area (Å²) in [6.45, 7) is 4.58. The molecule has 3 aromatic rings. The van der Waals surface area contributed by atoms with Gasteiger partial charge in [-0.05, 0) is 66.1 Å². The van der Waals surface area contributed by atoms with Crippen LogP contribution in [-0.2, 0) is 11.2 Å². The van der Waals surface area contributed by atoms with E-state index < -0.39 is 6.04 Å². The molecule has 1 aliphatic carbocycles. The first-order valence-electron chi connectivity index (χ1n) is 13.4. The minimum Gasteiger partial charge on any atom is -0.493 e. The lowest BCUT2D eigenvalue weighted by Gasteiger charge is -2.32. The zero-order chi connectivity index (χ0) is 27.1. The molecule has 1 heterocycles. The number of furan rings is 1. The molecule has 4 rings (SSSR count). The highest BCUT2D eigenvalue weighted by Crippen LogP contribution is 2.30. The van der Waals surface area contributed by atoms with Gasteiger partial charge in [-0.1, -0.05) is 57.0 Å². The van der Waals surface area contributed by atoms with Gasteiger partial charge in [0, 0.05) is 12.6 Å². The van der Waals surface area contributed by atoms with Gasteiger partial charge in [-0.3, -0.25) is 9.59 Å². The SMILES string of the molecule is COc1ccc(CCN(C(=O)c2ccco2)[C@@H](C(=O)NC2CCCC2)c2ccc(C(C)C)cc2)cc1OC. The number of carbonyl (C=O) groups excluding carboxylic acids is 2. The molecule has 7 nitrogen and oxygen atoms in total. The van der Waals surface area contributed by atoms with Gasteiger partial charge in [-0.25, -0.2) is 0 Å². The molecule has 0 spiro atoms. The highest BCUT2D eigenvalue weighted by molar-refractivity contribution is 5.96. The van der Waals surface area contributed by atoms with Crippen molar-refractivity contribution in [1.29, 1.82) is 0 Å². The fourth-order valence-corrected chi connectivity index (χ4v) is 5.06. The summed E-state index contributed by atoms with van der Waals surface area (Å²) in [5.74, 6) is 1.33. The second-order valence-electron chi connectivity index (χ2n) is 10.1. The van der Waals surface area contributed by atoms with E-state index in [9.17, 15) is 9.59 Å². The Morgan fingerprint density at radius 2 is 1.66 bits per heavy atom. The summed E-state index contributed by atoms with van der Waals surface area (Å²) in [5, 5.41) is 3.23. The Morgan fingerprint density at radius 1 is 0.974 bits per heavy atom. The zero-order valence-electron chi connectivity index (χ0n) is 22.7. The molecule has 202 valence electrons. The zero-order valence-corrected chi connectivity index (χ0v) is 22.7. The predicted octanol–water partition coefficient (Wildman–Crippen LogP) is 5.91. The first-order valence-corrected chi connectivity index (χ1v) is 13.4. The number of nitrogens with zero attached hydrogens (tertiary/aromatic N) is 1. The summed E-state index contributed by atoms with van der Waals surface area (Å²) < 4.78 is 16.3. The van der Waals surface area contributed by atoms with Crippen LogP contribution in [0.15, 0.2) is 65.3 Å². The van der Waals surface area contributed by atoms with E-state index in [1.54, 1.807) is 31.3 Å². The van der Waals surface area contributed by atoms with Crippen LogP contribution in [0.1, 0.15) is 78.7 Å². The first kappa shape index (κ1) is 27.3. The fraction of sp³-hybridized carbons (Fsp3) is 0.419. The minimum absolute atomic E-state index is 0.131. The molecule has 2 aromatic carbocycles. The molecule has 0 unspecified atom stereocenters. The van der Waals surface area contributed by atoms with E-state index in [2.05, 4.69) is 19.2 Å². The Bertz CT molecular complexity index is 1200. The third-order valence-corrected chi connectivity index (χ3v) is 7.26. The number of methoxy groups -OCH3 is 2. The Labute approximate surface area is 225 Å². The van der Waals surface area contributed by atoms with Crippen molar-refractivity contribution in [2.75, 3.05) is 20.8 Å². The van der Waals surface area contributed by atoms with Gasteiger partial charge in [-0.15, -0.1) is 0 Å². The van der Waals surface area contributed by atoms with Gasteiger partial charge in [0.15, 0.2) is 17.3 Å². The molecule has 2 amide bonds. The summed E-state index contributed by atoms with van der Waals surface area (Å²) in [5.41, 5.74) is 2.92. The molecule has 7 heteroatoms. The molecule has 1 saturated carbocycles. The lowest BCUT2D eigenvalue weighted by atomic mass is 9.97. The third kappa shape index (κ3) is 6.39. The lowest BCUT2D eigenvalue weighted by Crippen LogP contribution is -2.46. The predicted molar refractivity (Wildman–Crippen MR) is 147 cm³/mol. The van der Waals surface area contributed by atoms with E-state index >= 15 is 0 Å². The average Bonchev–Trinajstić information content (AvgIpc) is 3.65. The molecule has 0 bridgehead atoms. The summed E-state index contributed by atoms with van der Waals surface area (Å²) >= 11 is 0. The number of benzene rings is 2. The van der Waals surface area contributed by atoms with Gasteiger partial charge in [0.1, 0.15) is 6.04 Å². The van der Waals surface area contributed by atoms with Crippen LogP contribution in [0.3, 0.4) is 0 Å². The van der Waals surface area contributed by atoms with Crippen molar-refractivity contribution in [2.45, 2.75) is 64.0 Å². The van der Waals surface area contributed by atoms with Crippen molar-refractivity contribution in [3.8, 4) is 11.5 Å². The van der Waals surface area contributed by atoms with Crippen molar-refractivity contribution < 1.29 is 23.5 Å². The van der Waals surface area contributed by atoms with Crippen LogP contribution in [0.4, 0.5) is 0 Å². The summed E-state index contributed by atoms with van der Waals surface area (Å²) in [6, 6.07) is 16.4. The number of nitrogens with one attached hydrogen (secondary N) is 1. The Balaban J connectivity index is 1.69. The van der Waals surface area contributed by atoms with Crippen LogP contribution in [0.25, 0.3) is 0 Å². The minimum atomic E-state index is -0.797. The van der Waals surface area contributed by atoms with Crippen LogP contribution in [0, 0.1) is 0 Å². The van der Waals surface area contributed by atoms with Gasteiger partial charge in [0.25, 0.3) is 5.91 Å².